The van der Waals surface area contributed by atoms with Gasteiger partial charge in [0.25, 0.3) is 0 Å². The number of hydrogen-bond donors (Lipinski definition) is 0. The van der Waals surface area contributed by atoms with E-state index in [0.29, 0.717) is 11.6 Å². The minimum atomic E-state index is 0.418. The summed E-state index contributed by atoms with van der Waals surface area (Å²) in [6, 6.07) is 3.96. The van der Waals surface area contributed by atoms with Crippen molar-refractivity contribution in [2.45, 2.75) is 13.3 Å². The van der Waals surface area contributed by atoms with Gasteiger partial charge < -0.3 is 0 Å². The van der Waals surface area contributed by atoms with Crippen LogP contribution in [0.4, 0.5) is 0 Å². The van der Waals surface area contributed by atoms with Crippen molar-refractivity contribution in [2.75, 3.05) is 0 Å². The maximum absolute atomic E-state index is 8.30. The predicted molar refractivity (Wildman–Crippen MR) is 53.2 cm³/mol. The van der Waals surface area contributed by atoms with Crippen LogP contribution in [0.1, 0.15) is 17.5 Å². The van der Waals surface area contributed by atoms with Gasteiger partial charge >= 0.3 is 0 Å². The van der Waals surface area contributed by atoms with Gasteiger partial charge in [-0.3, -0.25) is 0 Å². The molecule has 0 N–H and O–H groups in total. The zero-order chi connectivity index (χ0) is 9.68. The summed E-state index contributed by atoms with van der Waals surface area (Å²) in [5.41, 5.74) is 1.91. The molecule has 1 aromatic heterocycles. The first-order valence-corrected chi connectivity index (χ1v) is 4.27. The molecule has 0 atom stereocenters. The molecule has 0 aliphatic heterocycles. The highest BCUT2D eigenvalue weighted by Gasteiger charge is 1.95. The molecule has 0 spiro atoms. The van der Waals surface area contributed by atoms with E-state index in [-0.39, 0.29) is 0 Å². The molecule has 0 unspecified atom stereocenters. The summed E-state index contributed by atoms with van der Waals surface area (Å²) in [5.74, 6) is 0. The van der Waals surface area contributed by atoms with Crippen molar-refractivity contribution < 1.29 is 0 Å². The first-order valence-electron chi connectivity index (χ1n) is 3.89. The second-order valence-electron chi connectivity index (χ2n) is 2.64. The average molecular weight is 193 g/mol. The number of aryl methyl sites for hydroxylation is 1. The molecule has 13 heavy (non-hydrogen) atoms. The summed E-state index contributed by atoms with van der Waals surface area (Å²) in [7, 11) is 0. The Bertz CT molecular complexity index is 364. The summed E-state index contributed by atoms with van der Waals surface area (Å²) < 4.78 is 0. The largest absolute Gasteiger partial charge is 0.244 e. The van der Waals surface area contributed by atoms with E-state index >= 15 is 0 Å². The number of nitrogens with zero attached hydrogens (tertiary/aromatic N) is 2. The van der Waals surface area contributed by atoms with E-state index in [0.717, 1.165) is 11.1 Å². The maximum Gasteiger partial charge on any atom is 0.131 e. The molecule has 0 aliphatic carbocycles. The number of allylic oxidation sites excluding steroid dienone is 1. The first kappa shape index (κ1) is 9.76. The molecule has 0 aliphatic rings. The number of halogens is 1. The lowest BCUT2D eigenvalue weighted by molar-refractivity contribution is 1.26. The third-order valence-corrected chi connectivity index (χ3v) is 1.95. The molecule has 66 valence electrons. The standard InChI is InChI=1S/C10H9ClN2/c1-8-6-9(4-2-3-5-12)7-13-10(8)11/h2,4,6-7H,3H2,1H3. The molecule has 1 rings (SSSR count). The van der Waals surface area contributed by atoms with Gasteiger partial charge in [0.1, 0.15) is 5.15 Å². The van der Waals surface area contributed by atoms with Crippen LogP contribution in [0.15, 0.2) is 18.3 Å². The van der Waals surface area contributed by atoms with Crippen molar-refractivity contribution in [1.82, 2.24) is 4.98 Å². The molecular weight excluding hydrogens is 184 g/mol. The van der Waals surface area contributed by atoms with Crippen LogP contribution in [-0.2, 0) is 0 Å². The smallest absolute Gasteiger partial charge is 0.131 e. The van der Waals surface area contributed by atoms with Gasteiger partial charge in [-0.05, 0) is 24.1 Å². The van der Waals surface area contributed by atoms with Crippen LogP contribution in [-0.4, -0.2) is 4.98 Å². The molecule has 0 aromatic carbocycles. The highest BCUT2D eigenvalue weighted by Crippen LogP contribution is 2.13. The Labute approximate surface area is 82.5 Å². The Morgan fingerprint density at radius 2 is 2.46 bits per heavy atom. The summed E-state index contributed by atoms with van der Waals surface area (Å²) in [6.07, 6.45) is 5.76. The second-order valence-corrected chi connectivity index (χ2v) is 3.00. The normalized spacial score (nSPS) is 10.2. The van der Waals surface area contributed by atoms with Crippen molar-refractivity contribution in [3.05, 3.63) is 34.6 Å². The van der Waals surface area contributed by atoms with Crippen molar-refractivity contribution in [3.8, 4) is 6.07 Å². The Kier molecular flexibility index (Phi) is 3.48. The highest BCUT2D eigenvalue weighted by atomic mass is 35.5. The molecule has 1 aromatic rings. The Morgan fingerprint density at radius 1 is 1.69 bits per heavy atom. The van der Waals surface area contributed by atoms with Crippen molar-refractivity contribution in [2.24, 2.45) is 0 Å². The van der Waals surface area contributed by atoms with Gasteiger partial charge in [-0.2, -0.15) is 5.26 Å². The molecule has 0 bridgehead atoms. The summed E-state index contributed by atoms with van der Waals surface area (Å²) in [5, 5.41) is 8.83. The zero-order valence-corrected chi connectivity index (χ0v) is 8.04. The van der Waals surface area contributed by atoms with Gasteiger partial charge in [-0.15, -0.1) is 0 Å². The molecule has 0 saturated carbocycles. The Hall–Kier alpha value is -1.33. The first-order chi connectivity index (χ1) is 6.24. The fraction of sp³-hybridized carbons (Fsp3) is 0.200. The average Bonchev–Trinajstić information content (AvgIpc) is 2.12. The molecular formula is C10H9ClN2. The number of hydrogen-bond acceptors (Lipinski definition) is 2. The van der Waals surface area contributed by atoms with Gasteiger partial charge in [-0.1, -0.05) is 23.8 Å². The van der Waals surface area contributed by atoms with Gasteiger partial charge in [0.15, 0.2) is 0 Å². The van der Waals surface area contributed by atoms with Crippen LogP contribution in [0.5, 0.6) is 0 Å². The van der Waals surface area contributed by atoms with Crippen molar-refractivity contribution in [1.29, 1.82) is 5.26 Å². The molecule has 0 amide bonds. The van der Waals surface area contributed by atoms with E-state index < -0.39 is 0 Å². The number of pyridine rings is 1. The van der Waals surface area contributed by atoms with E-state index in [4.69, 9.17) is 16.9 Å². The second kappa shape index (κ2) is 4.64. The van der Waals surface area contributed by atoms with Gasteiger partial charge in [0.2, 0.25) is 0 Å². The summed E-state index contributed by atoms with van der Waals surface area (Å²) in [6.45, 7) is 1.90. The maximum atomic E-state index is 8.30. The van der Waals surface area contributed by atoms with Crippen LogP contribution in [0.3, 0.4) is 0 Å². The topological polar surface area (TPSA) is 36.7 Å². The van der Waals surface area contributed by atoms with E-state index in [1.807, 2.05) is 25.1 Å². The number of aromatic nitrogens is 1. The van der Waals surface area contributed by atoms with Crippen LogP contribution < -0.4 is 0 Å². The number of rotatable bonds is 2. The molecule has 3 heteroatoms. The van der Waals surface area contributed by atoms with E-state index in [2.05, 4.69) is 4.98 Å². The lowest BCUT2D eigenvalue weighted by Crippen LogP contribution is -1.82. The zero-order valence-electron chi connectivity index (χ0n) is 7.29. The SMILES string of the molecule is Cc1cc(C=CCC#N)cnc1Cl. The molecule has 0 radical (unpaired) electrons. The predicted octanol–water partition coefficient (Wildman–Crippen LogP) is 2.97. The van der Waals surface area contributed by atoms with E-state index in [9.17, 15) is 0 Å². The van der Waals surface area contributed by atoms with Crippen LogP contribution in [0.25, 0.3) is 6.08 Å². The van der Waals surface area contributed by atoms with Gasteiger partial charge in [-0.25, -0.2) is 4.98 Å². The minimum absolute atomic E-state index is 0.418. The Balaban J connectivity index is 2.81. The third kappa shape index (κ3) is 2.89. The lowest BCUT2D eigenvalue weighted by Gasteiger charge is -1.97. The van der Waals surface area contributed by atoms with Crippen LogP contribution in [0, 0.1) is 18.3 Å². The fourth-order valence-corrected chi connectivity index (χ4v) is 1.02. The van der Waals surface area contributed by atoms with Crippen LogP contribution in [0.2, 0.25) is 5.15 Å². The molecule has 1 heterocycles. The summed E-state index contributed by atoms with van der Waals surface area (Å²) >= 11 is 5.75. The van der Waals surface area contributed by atoms with E-state index in [1.165, 1.54) is 0 Å². The van der Waals surface area contributed by atoms with Gasteiger partial charge in [0.05, 0.1) is 12.5 Å². The Morgan fingerprint density at radius 3 is 3.08 bits per heavy atom. The lowest BCUT2D eigenvalue weighted by atomic mass is 10.2. The number of nitriles is 1. The third-order valence-electron chi connectivity index (χ3n) is 1.55. The van der Waals surface area contributed by atoms with E-state index in [1.54, 1.807) is 12.3 Å². The highest BCUT2D eigenvalue weighted by molar-refractivity contribution is 6.30. The van der Waals surface area contributed by atoms with Crippen molar-refractivity contribution >= 4 is 17.7 Å². The molecule has 0 saturated heterocycles. The minimum Gasteiger partial charge on any atom is -0.244 e. The quantitative estimate of drug-likeness (QED) is 0.676. The fourth-order valence-electron chi connectivity index (χ4n) is 0.919. The van der Waals surface area contributed by atoms with Crippen LogP contribution >= 0.6 is 11.6 Å². The molecule has 0 fully saturated rings. The van der Waals surface area contributed by atoms with Crippen molar-refractivity contribution in [3.63, 3.8) is 0 Å². The van der Waals surface area contributed by atoms with Gasteiger partial charge in [0, 0.05) is 6.20 Å². The molecule has 2 nitrogen and oxygen atoms in total. The monoisotopic (exact) mass is 192 g/mol. The summed E-state index contributed by atoms with van der Waals surface area (Å²) in [4.78, 5) is 3.99.